The highest BCUT2D eigenvalue weighted by Crippen LogP contribution is 2.40. The first-order valence-corrected chi connectivity index (χ1v) is 16.9. The van der Waals surface area contributed by atoms with Gasteiger partial charge in [0.25, 0.3) is 0 Å². The van der Waals surface area contributed by atoms with Crippen LogP contribution >= 0.6 is 0 Å². The summed E-state index contributed by atoms with van der Waals surface area (Å²) in [5, 5.41) is 10.1. The fourth-order valence-corrected chi connectivity index (χ4v) is 8.27. The van der Waals surface area contributed by atoms with Crippen LogP contribution in [0.25, 0.3) is 93.3 Å². The Labute approximate surface area is 282 Å². The third-order valence-electron chi connectivity index (χ3n) is 10.4. The lowest BCUT2D eigenvalue weighted by Gasteiger charge is -2.11. The number of hydrogen-bond acceptors (Lipinski definition) is 0. The van der Waals surface area contributed by atoms with E-state index in [-0.39, 0.29) is 0 Å². The monoisotopic (exact) mass is 623 g/mol. The summed E-state index contributed by atoms with van der Waals surface area (Å²) < 4.78 is 7.24. The summed E-state index contributed by atoms with van der Waals surface area (Å²) in [4.78, 5) is 0. The van der Waals surface area contributed by atoms with E-state index in [4.69, 9.17) is 0 Å². The lowest BCUT2D eigenvalue weighted by atomic mass is 10.0. The van der Waals surface area contributed by atoms with Crippen molar-refractivity contribution in [2.75, 3.05) is 0 Å². The molecule has 11 aromatic rings. The van der Waals surface area contributed by atoms with Gasteiger partial charge in [-0.1, -0.05) is 91.0 Å². The van der Waals surface area contributed by atoms with E-state index in [0.717, 1.165) is 5.69 Å². The molecule has 0 radical (unpaired) electrons. The highest BCUT2D eigenvalue weighted by Gasteiger charge is 2.18. The van der Waals surface area contributed by atoms with Crippen molar-refractivity contribution in [1.82, 2.24) is 13.7 Å². The van der Waals surface area contributed by atoms with Gasteiger partial charge in [0, 0.05) is 49.4 Å². The molecule has 0 aliphatic rings. The molecule has 0 spiro atoms. The van der Waals surface area contributed by atoms with E-state index in [1.807, 2.05) is 0 Å². The van der Waals surface area contributed by atoms with Crippen LogP contribution in [0.2, 0.25) is 0 Å². The van der Waals surface area contributed by atoms with Gasteiger partial charge in [0.05, 0.1) is 33.1 Å². The number of benzene rings is 8. The topological polar surface area (TPSA) is 14.8 Å². The van der Waals surface area contributed by atoms with Crippen molar-refractivity contribution in [3.05, 3.63) is 176 Å². The molecule has 49 heavy (non-hydrogen) atoms. The second kappa shape index (κ2) is 9.96. The number of aromatic nitrogens is 3. The molecule has 0 saturated carbocycles. The normalized spacial score (nSPS) is 12.1. The fourth-order valence-electron chi connectivity index (χ4n) is 8.27. The van der Waals surface area contributed by atoms with Crippen molar-refractivity contribution in [3.8, 4) is 17.1 Å². The first-order chi connectivity index (χ1) is 24.3. The van der Waals surface area contributed by atoms with E-state index < -0.39 is 0 Å². The molecule has 0 amide bonds. The van der Waals surface area contributed by atoms with Crippen LogP contribution in [-0.2, 0) is 0 Å². The highest BCUT2D eigenvalue weighted by molar-refractivity contribution is 6.18. The molecular formula is C46H29N3. The Morgan fingerprint density at radius 3 is 1.10 bits per heavy atom. The molecule has 3 heteroatoms. The van der Waals surface area contributed by atoms with Gasteiger partial charge < -0.3 is 13.7 Å². The second-order valence-corrected chi connectivity index (χ2v) is 13.0. The van der Waals surface area contributed by atoms with Gasteiger partial charge in [0.15, 0.2) is 0 Å². The van der Waals surface area contributed by atoms with Crippen molar-refractivity contribution in [3.63, 3.8) is 0 Å². The van der Waals surface area contributed by atoms with Gasteiger partial charge in [0.2, 0.25) is 0 Å². The van der Waals surface area contributed by atoms with E-state index in [2.05, 4.69) is 190 Å². The maximum absolute atomic E-state index is 2.45. The average Bonchev–Trinajstić information content (AvgIpc) is 3.78. The Kier molecular flexibility index (Phi) is 5.38. The standard InChI is InChI=1S/C46H29N3/c1-3-13-32(14-4-1)47-41-20-10-9-19-37(41)40-29-34(23-24-44(40)47)49-43-22-12-8-18-36(43)39-26-30-25-38-35-17-7-11-21-42(35)48(33-15-5-2-6-16-33)45(38)27-31(30)28-46(39)49/h1-29H. The number of hydrogen-bond donors (Lipinski definition) is 0. The van der Waals surface area contributed by atoms with Crippen LogP contribution in [0.15, 0.2) is 176 Å². The first-order valence-electron chi connectivity index (χ1n) is 16.9. The molecule has 0 N–H and O–H groups in total. The van der Waals surface area contributed by atoms with Crippen molar-refractivity contribution in [2.45, 2.75) is 0 Å². The SMILES string of the molecule is c1ccc(-n2c3ccccc3c3cc(-n4c5ccccc5c5cc6cc7c8ccccc8n(-c8ccccc8)c7cc6cc54)ccc32)cc1. The molecular weight excluding hydrogens is 595 g/mol. The van der Waals surface area contributed by atoms with E-state index in [9.17, 15) is 0 Å². The molecule has 11 rings (SSSR count). The van der Waals surface area contributed by atoms with E-state index >= 15 is 0 Å². The highest BCUT2D eigenvalue weighted by atomic mass is 15.0. The van der Waals surface area contributed by atoms with Crippen molar-refractivity contribution in [2.24, 2.45) is 0 Å². The summed E-state index contributed by atoms with van der Waals surface area (Å²) in [6, 6.07) is 64.3. The summed E-state index contributed by atoms with van der Waals surface area (Å²) in [6.07, 6.45) is 0. The Morgan fingerprint density at radius 2 is 0.592 bits per heavy atom. The van der Waals surface area contributed by atoms with Crippen LogP contribution in [0, 0.1) is 0 Å². The van der Waals surface area contributed by atoms with E-state index in [1.165, 1.54) is 87.6 Å². The predicted octanol–water partition coefficient (Wildman–Crippen LogP) is 12.1. The Morgan fingerprint density at radius 1 is 0.224 bits per heavy atom. The zero-order valence-corrected chi connectivity index (χ0v) is 26.6. The summed E-state index contributed by atoms with van der Waals surface area (Å²) in [5.74, 6) is 0. The molecule has 0 atom stereocenters. The van der Waals surface area contributed by atoms with Crippen molar-refractivity contribution >= 4 is 76.2 Å². The number of rotatable bonds is 3. The average molecular weight is 624 g/mol. The van der Waals surface area contributed by atoms with Crippen LogP contribution in [0.1, 0.15) is 0 Å². The molecule has 3 heterocycles. The lowest BCUT2D eigenvalue weighted by molar-refractivity contribution is 1.17. The summed E-state index contributed by atoms with van der Waals surface area (Å²) in [5.41, 5.74) is 10.8. The van der Waals surface area contributed by atoms with Crippen molar-refractivity contribution < 1.29 is 0 Å². The van der Waals surface area contributed by atoms with Crippen LogP contribution in [-0.4, -0.2) is 13.7 Å². The molecule has 3 nitrogen and oxygen atoms in total. The third-order valence-corrected chi connectivity index (χ3v) is 10.4. The Hall–Kier alpha value is -6.58. The fraction of sp³-hybridized carbons (Fsp3) is 0. The molecule has 0 bridgehead atoms. The second-order valence-electron chi connectivity index (χ2n) is 13.0. The summed E-state index contributed by atoms with van der Waals surface area (Å²) in [6.45, 7) is 0. The lowest BCUT2D eigenvalue weighted by Crippen LogP contribution is -1.96. The van der Waals surface area contributed by atoms with Crippen LogP contribution in [0.5, 0.6) is 0 Å². The van der Waals surface area contributed by atoms with Gasteiger partial charge in [-0.3, -0.25) is 0 Å². The largest absolute Gasteiger partial charge is 0.309 e. The van der Waals surface area contributed by atoms with Gasteiger partial charge in [-0.2, -0.15) is 0 Å². The van der Waals surface area contributed by atoms with Gasteiger partial charge in [-0.05, 0) is 95.7 Å². The number of para-hydroxylation sites is 5. The van der Waals surface area contributed by atoms with Gasteiger partial charge in [0.1, 0.15) is 0 Å². The molecule has 0 unspecified atom stereocenters. The summed E-state index contributed by atoms with van der Waals surface area (Å²) >= 11 is 0. The Bertz CT molecular complexity index is 3090. The minimum Gasteiger partial charge on any atom is -0.309 e. The van der Waals surface area contributed by atoms with Crippen LogP contribution in [0.3, 0.4) is 0 Å². The molecule has 0 aliphatic carbocycles. The molecule has 0 saturated heterocycles. The zero-order valence-electron chi connectivity index (χ0n) is 26.6. The maximum atomic E-state index is 2.45. The Balaban J connectivity index is 1.21. The van der Waals surface area contributed by atoms with E-state index in [1.54, 1.807) is 0 Å². The van der Waals surface area contributed by atoms with Crippen LogP contribution in [0.4, 0.5) is 0 Å². The first kappa shape index (κ1) is 26.5. The van der Waals surface area contributed by atoms with Gasteiger partial charge in [-0.15, -0.1) is 0 Å². The third kappa shape index (κ3) is 3.73. The number of nitrogens with zero attached hydrogens (tertiary/aromatic N) is 3. The minimum absolute atomic E-state index is 1.16. The number of fused-ring (bicyclic) bond motifs is 10. The molecule has 0 aliphatic heterocycles. The quantitative estimate of drug-likeness (QED) is 0.186. The smallest absolute Gasteiger partial charge is 0.0547 e. The molecule has 3 aromatic heterocycles. The van der Waals surface area contributed by atoms with Gasteiger partial charge >= 0.3 is 0 Å². The molecule has 0 fully saturated rings. The minimum atomic E-state index is 1.16. The summed E-state index contributed by atoms with van der Waals surface area (Å²) in [7, 11) is 0. The van der Waals surface area contributed by atoms with Gasteiger partial charge in [-0.25, -0.2) is 0 Å². The molecule has 228 valence electrons. The van der Waals surface area contributed by atoms with Crippen LogP contribution < -0.4 is 0 Å². The zero-order chi connectivity index (χ0) is 32.1. The predicted molar refractivity (Wildman–Crippen MR) is 207 cm³/mol. The van der Waals surface area contributed by atoms with E-state index in [0.29, 0.717) is 0 Å². The maximum Gasteiger partial charge on any atom is 0.0547 e. The van der Waals surface area contributed by atoms with Crippen molar-refractivity contribution in [1.29, 1.82) is 0 Å². The molecule has 8 aromatic carbocycles.